The van der Waals surface area contributed by atoms with E-state index in [2.05, 4.69) is 17.6 Å². The molecule has 1 aromatic heterocycles. The Morgan fingerprint density at radius 1 is 1.57 bits per heavy atom. The summed E-state index contributed by atoms with van der Waals surface area (Å²) in [7, 11) is 0. The molecule has 3 atom stereocenters. The van der Waals surface area contributed by atoms with Gasteiger partial charge in [0.2, 0.25) is 0 Å². The average molecular weight is 329 g/mol. The zero-order valence-electron chi connectivity index (χ0n) is 12.4. The fraction of sp³-hybridized carbons (Fsp3) is 0.667. The minimum Gasteiger partial charge on any atom is -0.387 e. The van der Waals surface area contributed by atoms with Gasteiger partial charge in [-0.1, -0.05) is 13.3 Å². The minimum absolute atomic E-state index is 0.170. The first kappa shape index (κ1) is 16.6. The minimum atomic E-state index is -0.628. The van der Waals surface area contributed by atoms with Crippen LogP contribution in [0, 0.1) is 0 Å². The molecule has 3 N–H and O–H groups in total. The van der Waals surface area contributed by atoms with Gasteiger partial charge >= 0.3 is 6.03 Å². The summed E-state index contributed by atoms with van der Waals surface area (Å²) < 4.78 is 0. The van der Waals surface area contributed by atoms with E-state index in [1.54, 1.807) is 11.3 Å². The summed E-state index contributed by atoms with van der Waals surface area (Å²) >= 11 is 3.53. The predicted molar refractivity (Wildman–Crippen MR) is 90.0 cm³/mol. The zero-order valence-corrected chi connectivity index (χ0v) is 14.0. The number of hydrogen-bond donors (Lipinski definition) is 3. The molecule has 4 nitrogen and oxygen atoms in total. The van der Waals surface area contributed by atoms with Gasteiger partial charge in [-0.05, 0) is 47.4 Å². The lowest BCUT2D eigenvalue weighted by atomic mass is 9.95. The van der Waals surface area contributed by atoms with Crippen LogP contribution < -0.4 is 10.6 Å². The molecule has 6 heteroatoms. The van der Waals surface area contributed by atoms with Crippen LogP contribution in [0.1, 0.15) is 44.3 Å². The van der Waals surface area contributed by atoms with Crippen molar-refractivity contribution < 1.29 is 9.90 Å². The quantitative estimate of drug-likeness (QED) is 0.752. The van der Waals surface area contributed by atoms with Gasteiger partial charge in [0, 0.05) is 17.8 Å². The molecule has 1 saturated carbocycles. The summed E-state index contributed by atoms with van der Waals surface area (Å²) in [5, 5.41) is 20.2. The molecule has 21 heavy (non-hydrogen) atoms. The van der Waals surface area contributed by atoms with E-state index in [1.807, 2.05) is 28.6 Å². The van der Waals surface area contributed by atoms with Gasteiger partial charge in [-0.25, -0.2) is 4.79 Å². The molecule has 2 rings (SSSR count). The number of hydrogen-bond acceptors (Lipinski definition) is 4. The Hall–Kier alpha value is -0.720. The molecule has 0 aromatic carbocycles. The van der Waals surface area contributed by atoms with Crippen LogP contribution in [0.3, 0.4) is 0 Å². The first-order valence-electron chi connectivity index (χ1n) is 7.55. The summed E-state index contributed by atoms with van der Waals surface area (Å²) in [6.07, 6.45) is 3.92. The molecule has 1 aromatic rings. The number of thioether (sulfide) groups is 1. The van der Waals surface area contributed by atoms with Crippen LogP contribution in [0.2, 0.25) is 0 Å². The van der Waals surface area contributed by atoms with Crippen molar-refractivity contribution in [1.82, 2.24) is 10.6 Å². The van der Waals surface area contributed by atoms with Gasteiger partial charge in [0.05, 0.1) is 6.10 Å². The van der Waals surface area contributed by atoms with E-state index in [0.29, 0.717) is 5.25 Å². The molecule has 1 heterocycles. The van der Waals surface area contributed by atoms with Gasteiger partial charge in [0.1, 0.15) is 0 Å². The molecule has 0 saturated heterocycles. The highest BCUT2D eigenvalue weighted by molar-refractivity contribution is 7.99. The Kier molecular flexibility index (Phi) is 6.86. The summed E-state index contributed by atoms with van der Waals surface area (Å²) in [5.74, 6) is 1.14. The highest BCUT2D eigenvalue weighted by Crippen LogP contribution is 2.28. The molecule has 0 unspecified atom stereocenters. The third-order valence-corrected chi connectivity index (χ3v) is 5.68. The second kappa shape index (κ2) is 8.66. The van der Waals surface area contributed by atoms with Crippen LogP contribution >= 0.6 is 23.1 Å². The van der Waals surface area contributed by atoms with E-state index in [-0.39, 0.29) is 18.6 Å². The van der Waals surface area contributed by atoms with E-state index in [1.165, 1.54) is 12.8 Å². The molecular weight excluding hydrogens is 304 g/mol. The SMILES string of the molecule is CCS[C@H]1CCC[C@@H](NC(=O)NC[C@@H](O)c2ccsc2)C1. The summed E-state index contributed by atoms with van der Waals surface area (Å²) in [5.41, 5.74) is 0.859. The predicted octanol–water partition coefficient (Wildman–Crippen LogP) is 3.15. The van der Waals surface area contributed by atoms with Crippen LogP contribution in [0.15, 0.2) is 16.8 Å². The summed E-state index contributed by atoms with van der Waals surface area (Å²) in [4.78, 5) is 11.9. The van der Waals surface area contributed by atoms with E-state index >= 15 is 0 Å². The maximum absolute atomic E-state index is 11.9. The van der Waals surface area contributed by atoms with Crippen molar-refractivity contribution in [3.8, 4) is 0 Å². The van der Waals surface area contributed by atoms with Crippen LogP contribution in [0.4, 0.5) is 4.79 Å². The number of carbonyl (C=O) groups excluding carboxylic acids is 1. The van der Waals surface area contributed by atoms with Gasteiger partial charge in [-0.3, -0.25) is 0 Å². The normalized spacial score (nSPS) is 23.5. The highest BCUT2D eigenvalue weighted by Gasteiger charge is 2.23. The molecule has 118 valence electrons. The Morgan fingerprint density at radius 2 is 2.43 bits per heavy atom. The number of thiophene rings is 1. The topological polar surface area (TPSA) is 61.4 Å². The lowest BCUT2D eigenvalue weighted by Crippen LogP contribution is -2.45. The lowest BCUT2D eigenvalue weighted by Gasteiger charge is -2.29. The summed E-state index contributed by atoms with van der Waals surface area (Å²) in [6.45, 7) is 2.43. The molecule has 0 aliphatic heterocycles. The monoisotopic (exact) mass is 328 g/mol. The molecule has 1 fully saturated rings. The van der Waals surface area contributed by atoms with Crippen molar-refractivity contribution in [2.75, 3.05) is 12.3 Å². The van der Waals surface area contributed by atoms with Gasteiger partial charge in [0.15, 0.2) is 0 Å². The third-order valence-electron chi connectivity index (χ3n) is 3.75. The first-order chi connectivity index (χ1) is 10.2. The smallest absolute Gasteiger partial charge is 0.315 e. The van der Waals surface area contributed by atoms with Crippen molar-refractivity contribution in [3.05, 3.63) is 22.4 Å². The highest BCUT2D eigenvalue weighted by atomic mass is 32.2. The fourth-order valence-corrected chi connectivity index (χ4v) is 4.55. The molecule has 1 aliphatic rings. The Balaban J connectivity index is 1.69. The van der Waals surface area contributed by atoms with Crippen molar-refractivity contribution in [2.45, 2.75) is 50.0 Å². The molecule has 2 amide bonds. The maximum atomic E-state index is 11.9. The lowest BCUT2D eigenvalue weighted by molar-refractivity contribution is 0.172. The largest absolute Gasteiger partial charge is 0.387 e. The molecule has 0 spiro atoms. The van der Waals surface area contributed by atoms with E-state index in [9.17, 15) is 9.90 Å². The van der Waals surface area contributed by atoms with Crippen LogP contribution in [0.25, 0.3) is 0 Å². The number of rotatable bonds is 6. The van der Waals surface area contributed by atoms with Crippen LogP contribution in [-0.2, 0) is 0 Å². The van der Waals surface area contributed by atoms with Crippen molar-refractivity contribution in [3.63, 3.8) is 0 Å². The maximum Gasteiger partial charge on any atom is 0.315 e. The average Bonchev–Trinajstić information content (AvgIpc) is 3.00. The van der Waals surface area contributed by atoms with E-state index in [4.69, 9.17) is 0 Å². The molecular formula is C15H24N2O2S2. The number of urea groups is 1. The van der Waals surface area contributed by atoms with Crippen molar-refractivity contribution in [1.29, 1.82) is 0 Å². The Bertz CT molecular complexity index is 423. The molecule has 0 radical (unpaired) electrons. The Morgan fingerprint density at radius 3 is 3.14 bits per heavy atom. The number of nitrogens with one attached hydrogen (secondary N) is 2. The van der Waals surface area contributed by atoms with Crippen LogP contribution in [0.5, 0.6) is 0 Å². The summed E-state index contributed by atoms with van der Waals surface area (Å²) in [6, 6.07) is 1.97. The van der Waals surface area contributed by atoms with Gasteiger partial charge in [-0.15, -0.1) is 0 Å². The molecule has 0 bridgehead atoms. The standard InChI is InChI=1S/C15H24N2O2S2/c1-2-21-13-5-3-4-12(8-13)17-15(19)16-9-14(18)11-6-7-20-10-11/h6-7,10,12-14,18H,2-5,8-9H2,1H3,(H2,16,17,19)/t12-,13+,14-/m1/s1. The number of carbonyl (C=O) groups is 1. The second-order valence-corrected chi connectivity index (χ2v) is 7.73. The number of aliphatic hydroxyl groups is 1. The third kappa shape index (κ3) is 5.52. The van der Waals surface area contributed by atoms with E-state index < -0.39 is 6.10 Å². The second-order valence-electron chi connectivity index (χ2n) is 5.37. The zero-order chi connectivity index (χ0) is 15.1. The Labute approximate surface area is 134 Å². The molecule has 1 aliphatic carbocycles. The number of amides is 2. The first-order valence-corrected chi connectivity index (χ1v) is 9.54. The van der Waals surface area contributed by atoms with Crippen molar-refractivity contribution in [2.24, 2.45) is 0 Å². The van der Waals surface area contributed by atoms with E-state index in [0.717, 1.165) is 24.2 Å². The van der Waals surface area contributed by atoms with Crippen LogP contribution in [-0.4, -0.2) is 34.7 Å². The van der Waals surface area contributed by atoms with Gasteiger partial charge in [-0.2, -0.15) is 23.1 Å². The number of aliphatic hydroxyl groups excluding tert-OH is 1. The van der Waals surface area contributed by atoms with Crippen molar-refractivity contribution >= 4 is 29.1 Å². The van der Waals surface area contributed by atoms with Gasteiger partial charge < -0.3 is 15.7 Å². The fourth-order valence-electron chi connectivity index (χ4n) is 2.67. The van der Waals surface area contributed by atoms with Gasteiger partial charge in [0.25, 0.3) is 0 Å².